The molecule has 0 atom stereocenters. The van der Waals surface area contributed by atoms with Gasteiger partial charge in [-0.1, -0.05) is 121 Å². The Morgan fingerprint density at radius 1 is 0.622 bits per heavy atom. The molecule has 0 amide bonds. The van der Waals surface area contributed by atoms with Gasteiger partial charge in [-0.3, -0.25) is 8.57 Å². The standard InChI is InChI=1S/C29H38N2O10S4/c1-3-5-12-19-39-29(33)27(31-41-45(36,37)23-25-16-10-7-11-17-25)43-21-13-20-42-26(28(32)38-18-4-2)30-40-44(34,35)22-24-14-8-6-9-15-24/h6-11,14-17H,3-5,12-13,18-23H2,1-2H3/b30-26-,31-27-. The predicted octanol–water partition coefficient (Wildman–Crippen LogP) is 5.25. The Balaban J connectivity index is 2.01. The van der Waals surface area contributed by atoms with Crippen LogP contribution >= 0.6 is 23.5 Å². The van der Waals surface area contributed by atoms with Gasteiger partial charge in [-0.2, -0.15) is 16.8 Å². The molecule has 2 aromatic carbocycles. The van der Waals surface area contributed by atoms with Crippen molar-refractivity contribution in [2.24, 2.45) is 10.3 Å². The summed E-state index contributed by atoms with van der Waals surface area (Å²) >= 11 is 1.84. The molecule has 0 aliphatic rings. The highest BCUT2D eigenvalue weighted by molar-refractivity contribution is 8.16. The molecule has 0 saturated heterocycles. The van der Waals surface area contributed by atoms with Crippen LogP contribution in [-0.2, 0) is 59.4 Å². The molecule has 0 unspecified atom stereocenters. The highest BCUT2D eigenvalue weighted by Crippen LogP contribution is 2.17. The van der Waals surface area contributed by atoms with Crippen LogP contribution in [0.1, 0.15) is 57.1 Å². The Hall–Kier alpha value is -3.08. The van der Waals surface area contributed by atoms with Gasteiger partial charge in [-0.25, -0.2) is 9.59 Å². The van der Waals surface area contributed by atoms with Gasteiger partial charge < -0.3 is 9.47 Å². The van der Waals surface area contributed by atoms with E-state index in [1.807, 2.05) is 6.92 Å². The summed E-state index contributed by atoms with van der Waals surface area (Å²) in [5.41, 5.74) is 0.985. The van der Waals surface area contributed by atoms with Crippen molar-refractivity contribution in [3.8, 4) is 0 Å². The van der Waals surface area contributed by atoms with E-state index < -0.39 is 43.7 Å². The lowest BCUT2D eigenvalue weighted by Gasteiger charge is -2.08. The predicted molar refractivity (Wildman–Crippen MR) is 176 cm³/mol. The molecule has 2 rings (SSSR count). The minimum Gasteiger partial charge on any atom is -0.460 e. The fourth-order valence-electron chi connectivity index (χ4n) is 3.27. The number of thioether (sulfide) groups is 2. The third-order valence-electron chi connectivity index (χ3n) is 5.37. The molecule has 248 valence electrons. The zero-order valence-electron chi connectivity index (χ0n) is 25.2. The Morgan fingerprint density at radius 3 is 1.49 bits per heavy atom. The molecular formula is C29H38N2O10S4. The van der Waals surface area contributed by atoms with Gasteiger partial charge in [0.25, 0.3) is 0 Å². The van der Waals surface area contributed by atoms with E-state index in [1.54, 1.807) is 67.6 Å². The molecule has 16 heteroatoms. The monoisotopic (exact) mass is 702 g/mol. The SMILES string of the molecule is CCCCCOC(=O)/C(=N/OS(=O)(=O)Cc1ccccc1)SCCCS/C(=N\OS(=O)(=O)Cc1ccccc1)C(=O)OCCC. The summed E-state index contributed by atoms with van der Waals surface area (Å²) in [6, 6.07) is 16.7. The van der Waals surface area contributed by atoms with Crippen molar-refractivity contribution in [1.82, 2.24) is 0 Å². The van der Waals surface area contributed by atoms with E-state index in [1.165, 1.54) is 0 Å². The van der Waals surface area contributed by atoms with Crippen LogP contribution in [0.4, 0.5) is 0 Å². The topological polar surface area (TPSA) is 164 Å². The smallest absolute Gasteiger partial charge is 0.367 e. The third kappa shape index (κ3) is 16.7. The maximum absolute atomic E-state index is 12.6. The summed E-state index contributed by atoms with van der Waals surface area (Å²) in [5.74, 6) is -2.02. The minimum atomic E-state index is -4.14. The van der Waals surface area contributed by atoms with E-state index in [9.17, 15) is 26.4 Å². The van der Waals surface area contributed by atoms with Gasteiger partial charge in [0.1, 0.15) is 11.5 Å². The second kappa shape index (κ2) is 20.9. The molecule has 0 saturated carbocycles. The van der Waals surface area contributed by atoms with Crippen molar-refractivity contribution in [3.63, 3.8) is 0 Å². The van der Waals surface area contributed by atoms with E-state index in [4.69, 9.17) is 18.0 Å². The van der Waals surface area contributed by atoms with Crippen LogP contribution in [0.5, 0.6) is 0 Å². The largest absolute Gasteiger partial charge is 0.460 e. The Labute approximate surface area is 273 Å². The summed E-state index contributed by atoms with van der Waals surface area (Å²) in [7, 11) is -8.27. The molecule has 0 heterocycles. The Morgan fingerprint density at radius 2 is 1.07 bits per heavy atom. The third-order valence-corrected chi connectivity index (χ3v) is 9.37. The summed E-state index contributed by atoms with van der Waals surface area (Å²) in [4.78, 5) is 25.1. The number of nitrogens with zero attached hydrogens (tertiary/aromatic N) is 2. The van der Waals surface area contributed by atoms with Crippen LogP contribution < -0.4 is 0 Å². The first-order valence-corrected chi connectivity index (χ1v) is 19.3. The molecule has 0 bridgehead atoms. The molecule has 0 aliphatic heterocycles. The second-order valence-electron chi connectivity index (χ2n) is 9.35. The molecule has 0 radical (unpaired) electrons. The molecule has 45 heavy (non-hydrogen) atoms. The van der Waals surface area contributed by atoms with Gasteiger partial charge in [0, 0.05) is 11.5 Å². The molecule has 0 spiro atoms. The second-order valence-corrected chi connectivity index (χ2v) is 14.6. The first-order valence-electron chi connectivity index (χ1n) is 14.2. The van der Waals surface area contributed by atoms with E-state index in [2.05, 4.69) is 10.3 Å². The Kier molecular flexibility index (Phi) is 17.7. The highest BCUT2D eigenvalue weighted by Gasteiger charge is 2.21. The normalized spacial score (nSPS) is 12.4. The van der Waals surface area contributed by atoms with Crippen LogP contribution in [0.2, 0.25) is 0 Å². The van der Waals surface area contributed by atoms with Gasteiger partial charge in [0.2, 0.25) is 10.1 Å². The molecule has 12 nitrogen and oxygen atoms in total. The maximum atomic E-state index is 12.6. The zero-order valence-corrected chi connectivity index (χ0v) is 28.4. The summed E-state index contributed by atoms with van der Waals surface area (Å²) in [6.45, 7) is 4.06. The number of carbonyl (C=O) groups excluding carboxylic acids is 2. The molecule has 0 aromatic heterocycles. The lowest BCUT2D eigenvalue weighted by molar-refractivity contribution is -0.136. The number of hydrogen-bond acceptors (Lipinski definition) is 14. The molecule has 0 aliphatic carbocycles. The van der Waals surface area contributed by atoms with E-state index in [0.717, 1.165) is 36.4 Å². The van der Waals surface area contributed by atoms with Gasteiger partial charge in [-0.05, 0) is 30.4 Å². The number of carbonyl (C=O) groups is 2. The van der Waals surface area contributed by atoms with Gasteiger partial charge in [0.05, 0.1) is 13.2 Å². The van der Waals surface area contributed by atoms with Crippen molar-refractivity contribution < 1.29 is 44.5 Å². The van der Waals surface area contributed by atoms with Crippen molar-refractivity contribution in [1.29, 1.82) is 0 Å². The van der Waals surface area contributed by atoms with Crippen LogP contribution in [0.15, 0.2) is 71.0 Å². The van der Waals surface area contributed by atoms with Gasteiger partial charge in [0.15, 0.2) is 0 Å². The van der Waals surface area contributed by atoms with Crippen LogP contribution in [0.25, 0.3) is 0 Å². The van der Waals surface area contributed by atoms with E-state index in [0.29, 0.717) is 30.4 Å². The van der Waals surface area contributed by atoms with Crippen LogP contribution in [-0.4, -0.2) is 63.6 Å². The van der Waals surface area contributed by atoms with Crippen molar-refractivity contribution in [2.45, 2.75) is 57.5 Å². The number of oxime groups is 2. The molecule has 2 aromatic rings. The number of hydrogen-bond donors (Lipinski definition) is 0. The van der Waals surface area contributed by atoms with E-state index in [-0.39, 0.29) is 34.8 Å². The minimum absolute atomic E-state index is 0.110. The number of esters is 2. The molecular weight excluding hydrogens is 665 g/mol. The van der Waals surface area contributed by atoms with Gasteiger partial charge >= 0.3 is 32.2 Å². The van der Waals surface area contributed by atoms with E-state index >= 15 is 0 Å². The quantitative estimate of drug-likeness (QED) is 0.0653. The molecule has 0 N–H and O–H groups in total. The number of rotatable bonds is 18. The fourth-order valence-corrected chi connectivity index (χ4v) is 6.73. The zero-order chi connectivity index (χ0) is 33.0. The summed E-state index contributed by atoms with van der Waals surface area (Å²) in [6.07, 6.45) is 3.34. The average Bonchev–Trinajstić information content (AvgIpc) is 3.01. The Bertz CT molecular complexity index is 1470. The van der Waals surface area contributed by atoms with Crippen LogP contribution in [0, 0.1) is 0 Å². The number of benzene rings is 2. The number of unbranched alkanes of at least 4 members (excludes halogenated alkanes) is 2. The first-order chi connectivity index (χ1) is 21.5. The van der Waals surface area contributed by atoms with Crippen molar-refractivity contribution >= 4 is 65.8 Å². The molecule has 0 fully saturated rings. The average molecular weight is 703 g/mol. The lowest BCUT2D eigenvalue weighted by Crippen LogP contribution is -2.18. The fraction of sp³-hybridized carbons (Fsp3) is 0.448. The van der Waals surface area contributed by atoms with Crippen molar-refractivity contribution in [2.75, 3.05) is 24.7 Å². The first kappa shape index (κ1) is 38.1. The number of ether oxygens (including phenoxy) is 2. The summed E-state index contributed by atoms with van der Waals surface area (Å²) < 4.78 is 69.6. The maximum Gasteiger partial charge on any atom is 0.367 e. The van der Waals surface area contributed by atoms with Crippen molar-refractivity contribution in [3.05, 3.63) is 71.8 Å². The highest BCUT2D eigenvalue weighted by atomic mass is 32.2. The summed E-state index contributed by atoms with van der Waals surface area (Å²) in [5, 5.41) is 6.61. The van der Waals surface area contributed by atoms with Crippen LogP contribution in [0.3, 0.4) is 0 Å². The van der Waals surface area contributed by atoms with Gasteiger partial charge in [-0.15, -0.1) is 0 Å². The lowest BCUT2D eigenvalue weighted by atomic mass is 10.2.